The van der Waals surface area contributed by atoms with Gasteiger partial charge in [0.1, 0.15) is 5.54 Å². The lowest BCUT2D eigenvalue weighted by molar-refractivity contribution is -0.122. The molecule has 5 heteroatoms. The Labute approximate surface area is 105 Å². The van der Waals surface area contributed by atoms with Crippen LogP contribution in [0.15, 0.2) is 30.3 Å². The lowest BCUT2D eigenvalue weighted by atomic mass is 9.88. The van der Waals surface area contributed by atoms with Crippen LogP contribution in [-0.2, 0) is 15.1 Å². The van der Waals surface area contributed by atoms with E-state index in [4.69, 9.17) is 11.6 Å². The van der Waals surface area contributed by atoms with Gasteiger partial charge in [-0.25, -0.2) is 4.79 Å². The maximum absolute atomic E-state index is 11.9. The van der Waals surface area contributed by atoms with E-state index in [0.29, 0.717) is 5.56 Å². The fourth-order valence-corrected chi connectivity index (χ4v) is 1.73. The van der Waals surface area contributed by atoms with Gasteiger partial charge in [-0.1, -0.05) is 30.3 Å². The van der Waals surface area contributed by atoms with Crippen molar-refractivity contribution < 1.29 is 14.3 Å². The number of methoxy groups -OCH3 is 1. The van der Waals surface area contributed by atoms with Crippen LogP contribution in [0.25, 0.3) is 0 Å². The van der Waals surface area contributed by atoms with Gasteiger partial charge in [0.2, 0.25) is 0 Å². The molecule has 1 aromatic carbocycles. The van der Waals surface area contributed by atoms with Crippen molar-refractivity contribution in [1.29, 1.82) is 0 Å². The minimum atomic E-state index is -1.17. The highest BCUT2D eigenvalue weighted by Crippen LogP contribution is 2.22. The quantitative estimate of drug-likeness (QED) is 0.838. The first-order valence-electron chi connectivity index (χ1n) is 5.05. The number of amides is 1. The Morgan fingerprint density at radius 2 is 1.94 bits per heavy atom. The summed E-state index contributed by atoms with van der Waals surface area (Å²) in [5.74, 6) is -0.481. The lowest BCUT2D eigenvalue weighted by Crippen LogP contribution is -2.50. The van der Waals surface area contributed by atoms with E-state index in [9.17, 15) is 9.59 Å². The number of alkyl halides is 1. The SMILES string of the molecule is COC(=O)NC(C)(C(=O)CCl)c1ccccc1. The predicted molar refractivity (Wildman–Crippen MR) is 65.1 cm³/mol. The van der Waals surface area contributed by atoms with E-state index in [2.05, 4.69) is 10.1 Å². The minimum Gasteiger partial charge on any atom is -0.453 e. The van der Waals surface area contributed by atoms with E-state index in [1.165, 1.54) is 7.11 Å². The first kappa shape index (κ1) is 13.5. The summed E-state index contributed by atoms with van der Waals surface area (Å²) in [6.07, 6.45) is -0.671. The number of ether oxygens (including phenoxy) is 1. The molecule has 0 fully saturated rings. The molecule has 0 aliphatic heterocycles. The number of carbonyl (C=O) groups is 2. The van der Waals surface area contributed by atoms with E-state index in [1.807, 2.05) is 6.07 Å². The molecule has 0 saturated heterocycles. The topological polar surface area (TPSA) is 55.4 Å². The second-order valence-electron chi connectivity index (χ2n) is 3.66. The third-order valence-electron chi connectivity index (χ3n) is 2.57. The Bertz CT molecular complexity index is 407. The van der Waals surface area contributed by atoms with Gasteiger partial charge in [0.05, 0.1) is 13.0 Å². The summed E-state index contributed by atoms with van der Waals surface area (Å²) in [6, 6.07) is 8.90. The fraction of sp³-hybridized carbons (Fsp3) is 0.333. The molecule has 0 heterocycles. The zero-order valence-electron chi connectivity index (χ0n) is 9.70. The molecule has 4 nitrogen and oxygen atoms in total. The zero-order chi connectivity index (χ0) is 12.9. The van der Waals surface area contributed by atoms with E-state index in [0.717, 1.165) is 0 Å². The highest BCUT2D eigenvalue weighted by atomic mass is 35.5. The summed E-state index contributed by atoms with van der Waals surface area (Å²) in [5.41, 5.74) is -0.508. The highest BCUT2D eigenvalue weighted by Gasteiger charge is 2.36. The van der Waals surface area contributed by atoms with Gasteiger partial charge in [-0.2, -0.15) is 0 Å². The molecule has 0 bridgehead atoms. The van der Waals surface area contributed by atoms with Gasteiger partial charge in [0.15, 0.2) is 5.78 Å². The van der Waals surface area contributed by atoms with Crippen molar-refractivity contribution in [2.45, 2.75) is 12.5 Å². The number of carbonyl (C=O) groups excluding carboxylic acids is 2. The predicted octanol–water partition coefficient (Wildman–Crippen LogP) is 2.07. The van der Waals surface area contributed by atoms with Crippen molar-refractivity contribution in [2.75, 3.05) is 13.0 Å². The first-order valence-corrected chi connectivity index (χ1v) is 5.59. The molecular formula is C12H14ClNO3. The second kappa shape index (κ2) is 5.68. The van der Waals surface area contributed by atoms with Crippen molar-refractivity contribution >= 4 is 23.5 Å². The summed E-state index contributed by atoms with van der Waals surface area (Å²) in [6.45, 7) is 1.60. The number of hydrogen-bond donors (Lipinski definition) is 1. The summed E-state index contributed by atoms with van der Waals surface area (Å²) >= 11 is 5.57. The molecule has 92 valence electrons. The normalized spacial score (nSPS) is 13.6. The zero-order valence-corrected chi connectivity index (χ0v) is 10.5. The minimum absolute atomic E-state index is 0.185. The van der Waals surface area contributed by atoms with Crippen LogP contribution in [0.5, 0.6) is 0 Å². The number of Topliss-reactive ketones (excluding diaryl/α,β-unsaturated/α-hetero) is 1. The molecular weight excluding hydrogens is 242 g/mol. The van der Waals surface area contributed by atoms with Crippen molar-refractivity contribution in [1.82, 2.24) is 5.32 Å². The van der Waals surface area contributed by atoms with E-state index < -0.39 is 11.6 Å². The van der Waals surface area contributed by atoms with Crippen LogP contribution in [0.4, 0.5) is 4.79 Å². The number of ketones is 1. The van der Waals surface area contributed by atoms with Crippen LogP contribution in [0.2, 0.25) is 0 Å². The largest absolute Gasteiger partial charge is 0.453 e. The van der Waals surface area contributed by atoms with Crippen molar-refractivity contribution in [3.8, 4) is 0 Å². The van der Waals surface area contributed by atoms with Gasteiger partial charge in [-0.05, 0) is 12.5 Å². The van der Waals surface area contributed by atoms with Gasteiger partial charge in [-0.15, -0.1) is 11.6 Å². The average molecular weight is 256 g/mol. The van der Waals surface area contributed by atoms with Crippen molar-refractivity contribution in [3.63, 3.8) is 0 Å². The molecule has 0 radical (unpaired) electrons. The average Bonchev–Trinajstić information content (AvgIpc) is 2.38. The molecule has 1 unspecified atom stereocenters. The number of halogens is 1. The monoisotopic (exact) mass is 255 g/mol. The molecule has 1 atom stereocenters. The third-order valence-corrected chi connectivity index (χ3v) is 2.81. The summed E-state index contributed by atoms with van der Waals surface area (Å²) in [7, 11) is 1.24. The molecule has 1 aromatic rings. The van der Waals surface area contributed by atoms with Gasteiger partial charge >= 0.3 is 6.09 Å². The van der Waals surface area contributed by atoms with Crippen LogP contribution >= 0.6 is 11.6 Å². The van der Waals surface area contributed by atoms with E-state index in [1.54, 1.807) is 31.2 Å². The number of rotatable bonds is 4. The Balaban J connectivity index is 3.11. The Kier molecular flexibility index (Phi) is 4.52. The highest BCUT2D eigenvalue weighted by molar-refractivity contribution is 6.29. The fourth-order valence-electron chi connectivity index (χ4n) is 1.46. The molecule has 1 amide bonds. The van der Waals surface area contributed by atoms with Gasteiger partial charge in [0, 0.05) is 0 Å². The van der Waals surface area contributed by atoms with Crippen LogP contribution in [0, 0.1) is 0 Å². The third kappa shape index (κ3) is 2.97. The van der Waals surface area contributed by atoms with Crippen LogP contribution in [-0.4, -0.2) is 24.9 Å². The Morgan fingerprint density at radius 3 is 2.41 bits per heavy atom. The van der Waals surface area contributed by atoms with Gasteiger partial charge in [0.25, 0.3) is 0 Å². The summed E-state index contributed by atoms with van der Waals surface area (Å²) in [4.78, 5) is 23.2. The van der Waals surface area contributed by atoms with Crippen LogP contribution in [0.1, 0.15) is 12.5 Å². The number of benzene rings is 1. The smallest absolute Gasteiger partial charge is 0.407 e. The molecule has 0 spiro atoms. The Hall–Kier alpha value is -1.55. The number of nitrogens with one attached hydrogen (secondary N) is 1. The van der Waals surface area contributed by atoms with E-state index in [-0.39, 0.29) is 11.7 Å². The molecule has 0 aromatic heterocycles. The standard InChI is InChI=1S/C12H14ClNO3/c1-12(10(15)8-13,14-11(16)17-2)9-6-4-3-5-7-9/h3-7H,8H2,1-2H3,(H,14,16). The number of hydrogen-bond acceptors (Lipinski definition) is 3. The van der Waals surface area contributed by atoms with Crippen LogP contribution < -0.4 is 5.32 Å². The molecule has 1 rings (SSSR count). The maximum Gasteiger partial charge on any atom is 0.407 e. The van der Waals surface area contributed by atoms with Crippen molar-refractivity contribution in [2.24, 2.45) is 0 Å². The summed E-state index contributed by atoms with van der Waals surface area (Å²) < 4.78 is 4.52. The van der Waals surface area contributed by atoms with Crippen LogP contribution in [0.3, 0.4) is 0 Å². The Morgan fingerprint density at radius 1 is 1.35 bits per heavy atom. The molecule has 0 saturated carbocycles. The van der Waals surface area contributed by atoms with E-state index >= 15 is 0 Å². The molecule has 0 aliphatic carbocycles. The second-order valence-corrected chi connectivity index (χ2v) is 3.93. The molecule has 0 aliphatic rings. The van der Waals surface area contributed by atoms with Gasteiger partial charge < -0.3 is 10.1 Å². The molecule has 17 heavy (non-hydrogen) atoms. The maximum atomic E-state index is 11.9. The van der Waals surface area contributed by atoms with Crippen molar-refractivity contribution in [3.05, 3.63) is 35.9 Å². The lowest BCUT2D eigenvalue weighted by Gasteiger charge is -2.28. The summed E-state index contributed by atoms with van der Waals surface area (Å²) in [5, 5.41) is 2.51. The molecule has 1 N–H and O–H groups in total. The van der Waals surface area contributed by atoms with Gasteiger partial charge in [-0.3, -0.25) is 4.79 Å². The number of alkyl carbamates (subject to hydrolysis) is 1. The first-order chi connectivity index (χ1) is 8.04.